The molecule has 0 aromatic heterocycles. The van der Waals surface area contributed by atoms with E-state index in [1.165, 1.54) is 28.6 Å². The number of anilines is 1. The van der Waals surface area contributed by atoms with E-state index in [0.29, 0.717) is 5.69 Å². The van der Waals surface area contributed by atoms with Gasteiger partial charge in [0.25, 0.3) is 10.0 Å². The molecule has 8 heteroatoms. The molecule has 1 N–H and O–H groups in total. The van der Waals surface area contributed by atoms with Crippen LogP contribution in [0, 0.1) is 0 Å². The van der Waals surface area contributed by atoms with Crippen molar-refractivity contribution in [2.75, 3.05) is 17.4 Å². The summed E-state index contributed by atoms with van der Waals surface area (Å²) < 4.78 is 54.7. The first-order valence-electron chi connectivity index (χ1n) is 8.59. The summed E-state index contributed by atoms with van der Waals surface area (Å²) in [5.74, 6) is 0. The van der Waals surface area contributed by atoms with Crippen molar-refractivity contribution in [3.63, 3.8) is 0 Å². The number of hydrogen-bond acceptors (Lipinski definition) is 4. The Balaban J connectivity index is 1.83. The fourth-order valence-electron chi connectivity index (χ4n) is 2.67. The normalized spacial score (nSPS) is 11.9. The van der Waals surface area contributed by atoms with Gasteiger partial charge in [-0.15, -0.1) is 0 Å². The maximum Gasteiger partial charge on any atom is 0.264 e. The van der Waals surface area contributed by atoms with Gasteiger partial charge in [0.05, 0.1) is 15.5 Å². The molecule has 0 saturated carbocycles. The standard InChI is InChI=1S/C20H20N2O4S2/c23-27(24,19-12-6-2-7-13-19)21-16-17-22(18-10-4-1-5-11-18)28(25,26)20-14-8-3-9-15-20/h1-15,21H,16-17H2. The van der Waals surface area contributed by atoms with Crippen LogP contribution in [0.5, 0.6) is 0 Å². The van der Waals surface area contributed by atoms with Crippen LogP contribution in [0.3, 0.4) is 0 Å². The zero-order valence-corrected chi connectivity index (χ0v) is 16.6. The van der Waals surface area contributed by atoms with Crippen LogP contribution in [-0.2, 0) is 20.0 Å². The topological polar surface area (TPSA) is 83.6 Å². The highest BCUT2D eigenvalue weighted by Gasteiger charge is 2.25. The van der Waals surface area contributed by atoms with Crippen molar-refractivity contribution >= 4 is 25.7 Å². The Kier molecular flexibility index (Phi) is 6.13. The molecule has 0 amide bonds. The highest BCUT2D eigenvalue weighted by Crippen LogP contribution is 2.23. The van der Waals surface area contributed by atoms with Crippen molar-refractivity contribution in [2.24, 2.45) is 0 Å². The Morgan fingerprint density at radius 3 is 1.64 bits per heavy atom. The molecule has 3 rings (SSSR count). The predicted octanol–water partition coefficient (Wildman–Crippen LogP) is 2.86. The second-order valence-corrected chi connectivity index (χ2v) is 9.57. The summed E-state index contributed by atoms with van der Waals surface area (Å²) in [6.45, 7) is -0.120. The Bertz CT molecular complexity index is 1100. The minimum absolute atomic E-state index is 0.0483. The van der Waals surface area contributed by atoms with E-state index >= 15 is 0 Å². The Hall–Kier alpha value is -2.68. The maximum atomic E-state index is 13.1. The van der Waals surface area contributed by atoms with Crippen molar-refractivity contribution in [3.8, 4) is 0 Å². The molecule has 0 saturated heterocycles. The summed E-state index contributed by atoms with van der Waals surface area (Å²) in [6.07, 6.45) is 0. The van der Waals surface area contributed by atoms with Gasteiger partial charge in [-0.25, -0.2) is 21.6 Å². The van der Waals surface area contributed by atoms with Crippen LogP contribution < -0.4 is 9.03 Å². The molecule has 6 nitrogen and oxygen atoms in total. The lowest BCUT2D eigenvalue weighted by Gasteiger charge is -2.24. The summed E-state index contributed by atoms with van der Waals surface area (Å²) >= 11 is 0. The number of para-hydroxylation sites is 1. The van der Waals surface area contributed by atoms with Crippen LogP contribution in [-0.4, -0.2) is 29.9 Å². The molecule has 0 fully saturated rings. The monoisotopic (exact) mass is 416 g/mol. The van der Waals surface area contributed by atoms with Gasteiger partial charge < -0.3 is 0 Å². The fourth-order valence-corrected chi connectivity index (χ4v) is 5.20. The second-order valence-electron chi connectivity index (χ2n) is 5.94. The number of nitrogens with zero attached hydrogens (tertiary/aromatic N) is 1. The third kappa shape index (κ3) is 4.59. The van der Waals surface area contributed by atoms with Crippen molar-refractivity contribution in [1.29, 1.82) is 0 Å². The molecule has 0 unspecified atom stereocenters. The van der Waals surface area contributed by atoms with E-state index in [2.05, 4.69) is 4.72 Å². The van der Waals surface area contributed by atoms with Gasteiger partial charge in [-0.2, -0.15) is 0 Å². The SMILES string of the molecule is O=S(=O)(NCCN(c1ccccc1)S(=O)(=O)c1ccccc1)c1ccccc1. The van der Waals surface area contributed by atoms with Gasteiger partial charge in [0.2, 0.25) is 10.0 Å². The summed E-state index contributed by atoms with van der Waals surface area (Å²) in [7, 11) is -7.56. The van der Waals surface area contributed by atoms with E-state index in [9.17, 15) is 16.8 Å². The van der Waals surface area contributed by atoms with Crippen LogP contribution in [0.15, 0.2) is 101 Å². The van der Waals surface area contributed by atoms with Gasteiger partial charge in [0.15, 0.2) is 0 Å². The molecule has 3 aromatic rings. The van der Waals surface area contributed by atoms with Gasteiger partial charge in [-0.05, 0) is 36.4 Å². The Morgan fingerprint density at radius 2 is 1.11 bits per heavy atom. The van der Waals surface area contributed by atoms with Crippen molar-refractivity contribution in [2.45, 2.75) is 9.79 Å². The third-order valence-corrected chi connectivity index (χ3v) is 7.35. The van der Waals surface area contributed by atoms with Gasteiger partial charge in [0.1, 0.15) is 0 Å². The summed E-state index contributed by atoms with van der Waals surface area (Å²) in [5, 5.41) is 0. The molecule has 0 bridgehead atoms. The van der Waals surface area contributed by atoms with E-state index in [0.717, 1.165) is 0 Å². The van der Waals surface area contributed by atoms with E-state index in [-0.39, 0.29) is 22.9 Å². The zero-order chi connectivity index (χ0) is 20.0. The molecule has 0 heterocycles. The smallest absolute Gasteiger partial charge is 0.264 e. The number of rotatable bonds is 8. The van der Waals surface area contributed by atoms with Crippen LogP contribution >= 0.6 is 0 Å². The molecule has 0 aliphatic rings. The highest BCUT2D eigenvalue weighted by atomic mass is 32.2. The molecule has 3 aromatic carbocycles. The second kappa shape index (κ2) is 8.55. The summed E-state index contributed by atoms with van der Waals surface area (Å²) in [6, 6.07) is 24.6. The fraction of sp³-hybridized carbons (Fsp3) is 0.100. The van der Waals surface area contributed by atoms with Gasteiger partial charge in [0, 0.05) is 13.1 Å². The third-order valence-electron chi connectivity index (χ3n) is 4.04. The maximum absolute atomic E-state index is 13.1. The van der Waals surface area contributed by atoms with E-state index < -0.39 is 20.0 Å². The first kappa shape index (κ1) is 20.1. The first-order valence-corrected chi connectivity index (χ1v) is 11.5. The average molecular weight is 417 g/mol. The summed E-state index contributed by atoms with van der Waals surface area (Å²) in [4.78, 5) is 0.275. The Labute approximate surface area is 165 Å². The van der Waals surface area contributed by atoms with Crippen molar-refractivity contribution < 1.29 is 16.8 Å². The molecule has 0 aliphatic carbocycles. The number of hydrogen-bond donors (Lipinski definition) is 1. The molecular formula is C20H20N2O4S2. The van der Waals surface area contributed by atoms with Crippen molar-refractivity contribution in [3.05, 3.63) is 91.0 Å². The molecule has 0 aliphatic heterocycles. The largest absolute Gasteiger partial charge is 0.265 e. The predicted molar refractivity (Wildman–Crippen MR) is 109 cm³/mol. The number of sulfonamides is 2. The molecule has 0 spiro atoms. The van der Waals surface area contributed by atoms with Crippen molar-refractivity contribution in [1.82, 2.24) is 4.72 Å². The van der Waals surface area contributed by atoms with Gasteiger partial charge >= 0.3 is 0 Å². The number of benzene rings is 3. The van der Waals surface area contributed by atoms with E-state index in [1.807, 2.05) is 0 Å². The highest BCUT2D eigenvalue weighted by molar-refractivity contribution is 7.92. The van der Waals surface area contributed by atoms with Crippen LogP contribution in [0.1, 0.15) is 0 Å². The first-order chi connectivity index (χ1) is 13.4. The molecule has 0 radical (unpaired) electrons. The minimum Gasteiger partial charge on any atom is -0.265 e. The van der Waals surface area contributed by atoms with Crippen LogP contribution in [0.4, 0.5) is 5.69 Å². The minimum atomic E-state index is -3.84. The molecular weight excluding hydrogens is 396 g/mol. The lowest BCUT2D eigenvalue weighted by Crippen LogP contribution is -2.38. The molecule has 146 valence electrons. The van der Waals surface area contributed by atoms with Gasteiger partial charge in [-0.3, -0.25) is 4.31 Å². The lowest BCUT2D eigenvalue weighted by atomic mass is 10.3. The van der Waals surface area contributed by atoms with Gasteiger partial charge in [-0.1, -0.05) is 54.6 Å². The zero-order valence-electron chi connectivity index (χ0n) is 15.0. The molecule has 0 atom stereocenters. The van der Waals surface area contributed by atoms with Crippen LogP contribution in [0.2, 0.25) is 0 Å². The number of nitrogens with one attached hydrogen (secondary N) is 1. The summed E-state index contributed by atoms with van der Waals surface area (Å²) in [5.41, 5.74) is 0.463. The Morgan fingerprint density at radius 1 is 0.643 bits per heavy atom. The average Bonchev–Trinajstić information content (AvgIpc) is 2.73. The van der Waals surface area contributed by atoms with E-state index in [1.54, 1.807) is 66.7 Å². The molecule has 28 heavy (non-hydrogen) atoms. The van der Waals surface area contributed by atoms with E-state index in [4.69, 9.17) is 0 Å². The van der Waals surface area contributed by atoms with Crippen LogP contribution in [0.25, 0.3) is 0 Å². The quantitative estimate of drug-likeness (QED) is 0.612. The lowest BCUT2D eigenvalue weighted by molar-refractivity contribution is 0.577.